The van der Waals surface area contributed by atoms with Gasteiger partial charge in [0.05, 0.1) is 50.7 Å². The van der Waals surface area contributed by atoms with Gasteiger partial charge in [-0.25, -0.2) is 14.7 Å². The number of alkyl halides is 3. The third-order valence-corrected chi connectivity index (χ3v) is 6.20. The molecule has 2 aromatic carbocycles. The van der Waals surface area contributed by atoms with Crippen molar-refractivity contribution in [1.82, 2.24) is 10.3 Å². The number of amides is 2. The Morgan fingerprint density at radius 3 is 2.54 bits per heavy atom. The Balaban J connectivity index is 0.00000432. The maximum absolute atomic E-state index is 13.3. The number of halogens is 5. The summed E-state index contributed by atoms with van der Waals surface area (Å²) in [6.45, 7) is 1.29. The van der Waals surface area contributed by atoms with Crippen molar-refractivity contribution in [3.8, 4) is 11.3 Å². The number of hydrogen-bond acceptors (Lipinski definition) is 4. The summed E-state index contributed by atoms with van der Waals surface area (Å²) in [5.74, 6) is 0. The minimum atomic E-state index is -4.56. The van der Waals surface area contributed by atoms with Crippen molar-refractivity contribution in [2.24, 2.45) is 0 Å². The lowest BCUT2D eigenvalue weighted by molar-refractivity contribution is -0.889. The van der Waals surface area contributed by atoms with E-state index in [1.165, 1.54) is 12.1 Å². The van der Waals surface area contributed by atoms with E-state index in [-0.39, 0.29) is 47.9 Å². The van der Waals surface area contributed by atoms with E-state index in [1.54, 1.807) is 29.6 Å². The average molecular weight is 641 g/mol. The zero-order valence-corrected chi connectivity index (χ0v) is 22.7. The van der Waals surface area contributed by atoms with Crippen LogP contribution in [0.25, 0.3) is 11.3 Å². The molecule has 1 aromatic heterocycles. The highest BCUT2D eigenvalue weighted by Gasteiger charge is 2.32. The number of benzene rings is 2. The molecule has 0 fully saturated rings. The minimum absolute atomic E-state index is 0. The maximum Gasteiger partial charge on any atom is 0.416 e. The normalized spacial score (nSPS) is 11.6. The number of rotatable bonds is 8. The average Bonchev–Trinajstić information content (AvgIpc) is 3.23. The van der Waals surface area contributed by atoms with Gasteiger partial charge in [0, 0.05) is 16.0 Å². The molecule has 0 saturated heterocycles. The van der Waals surface area contributed by atoms with Crippen LogP contribution in [0.3, 0.4) is 0 Å². The number of thiazole rings is 1. The highest BCUT2D eigenvalue weighted by atomic mass is 127. The van der Waals surface area contributed by atoms with Gasteiger partial charge in [0.2, 0.25) is 0 Å². The lowest BCUT2D eigenvalue weighted by Crippen LogP contribution is -3.00. The Labute approximate surface area is 228 Å². The number of anilines is 2. The van der Waals surface area contributed by atoms with Crippen LogP contribution in [0.4, 0.5) is 28.8 Å². The van der Waals surface area contributed by atoms with Gasteiger partial charge in [-0.3, -0.25) is 0 Å². The van der Waals surface area contributed by atoms with E-state index >= 15 is 0 Å². The zero-order valence-electron chi connectivity index (χ0n) is 19.0. The Hall–Kier alpha value is -1.93. The molecule has 2 amide bonds. The van der Waals surface area contributed by atoms with Crippen molar-refractivity contribution in [3.63, 3.8) is 0 Å². The summed E-state index contributed by atoms with van der Waals surface area (Å²) < 4.78 is 40.5. The van der Waals surface area contributed by atoms with Crippen molar-refractivity contribution >= 4 is 39.8 Å². The molecule has 12 heteroatoms. The second kappa shape index (κ2) is 12.3. The van der Waals surface area contributed by atoms with Crippen LogP contribution < -0.4 is 34.2 Å². The first kappa shape index (κ1) is 29.3. The molecule has 190 valence electrons. The molecular weight excluding hydrogens is 616 g/mol. The summed E-state index contributed by atoms with van der Waals surface area (Å²) in [4.78, 5) is 18.8. The van der Waals surface area contributed by atoms with E-state index < -0.39 is 17.8 Å². The fourth-order valence-electron chi connectivity index (χ4n) is 3.21. The standard InChI is InChI=1S/C23H24ClF3N4O2S.HI/c1-31(2,11-12-32)10-9-28-21(33)30(19-8-4-6-17(14-19)23(25,26)27)22-29-20(15-34-22)16-5-3-7-18(24)13-16;/h3-8,13-15,32H,9-12H2,1-2H3;1H. The van der Waals surface area contributed by atoms with E-state index in [0.29, 0.717) is 28.3 Å². The van der Waals surface area contributed by atoms with Crippen LogP contribution in [0.5, 0.6) is 0 Å². The predicted molar refractivity (Wildman–Crippen MR) is 128 cm³/mol. The summed E-state index contributed by atoms with van der Waals surface area (Å²) in [6.07, 6.45) is -4.56. The van der Waals surface area contributed by atoms with Gasteiger partial charge < -0.3 is 38.9 Å². The van der Waals surface area contributed by atoms with Crippen molar-refractivity contribution in [1.29, 1.82) is 0 Å². The van der Waals surface area contributed by atoms with E-state index in [9.17, 15) is 23.1 Å². The number of likely N-dealkylation sites (N-methyl/N-ethyl adjacent to an activating group) is 1. The van der Waals surface area contributed by atoms with Crippen molar-refractivity contribution < 1.29 is 51.5 Å². The Morgan fingerprint density at radius 2 is 1.89 bits per heavy atom. The molecule has 0 atom stereocenters. The van der Waals surface area contributed by atoms with E-state index in [2.05, 4.69) is 10.3 Å². The first-order valence-corrected chi connectivity index (χ1v) is 11.7. The topological polar surface area (TPSA) is 65.5 Å². The van der Waals surface area contributed by atoms with Crippen LogP contribution in [-0.4, -0.2) is 60.9 Å². The molecule has 3 rings (SSSR count). The Morgan fingerprint density at radius 1 is 1.17 bits per heavy atom. The number of carbonyl (C=O) groups is 1. The van der Waals surface area contributed by atoms with Crippen LogP contribution in [0.15, 0.2) is 53.9 Å². The minimum Gasteiger partial charge on any atom is -1.00 e. The summed E-state index contributed by atoms with van der Waals surface area (Å²) in [5.41, 5.74) is 0.453. The van der Waals surface area contributed by atoms with E-state index in [0.717, 1.165) is 33.9 Å². The molecule has 0 aliphatic carbocycles. The molecule has 1 heterocycles. The molecule has 2 N–H and O–H groups in total. The molecule has 0 aliphatic rings. The highest BCUT2D eigenvalue weighted by Crippen LogP contribution is 2.36. The van der Waals surface area contributed by atoms with Gasteiger partial charge in [-0.1, -0.05) is 29.8 Å². The highest BCUT2D eigenvalue weighted by molar-refractivity contribution is 7.14. The van der Waals surface area contributed by atoms with Crippen molar-refractivity contribution in [3.05, 3.63) is 64.5 Å². The van der Waals surface area contributed by atoms with Crippen LogP contribution >= 0.6 is 22.9 Å². The Bertz CT molecular complexity index is 1140. The monoisotopic (exact) mass is 640 g/mol. The molecule has 0 aliphatic heterocycles. The maximum atomic E-state index is 13.3. The van der Waals surface area contributed by atoms with Gasteiger partial charge in [-0.2, -0.15) is 13.2 Å². The molecule has 3 aromatic rings. The summed E-state index contributed by atoms with van der Waals surface area (Å²) in [7, 11) is 3.82. The fourth-order valence-corrected chi connectivity index (χ4v) is 4.25. The van der Waals surface area contributed by atoms with E-state index in [1.807, 2.05) is 14.1 Å². The van der Waals surface area contributed by atoms with Crippen LogP contribution in [0, 0.1) is 0 Å². The third kappa shape index (κ3) is 8.04. The van der Waals surface area contributed by atoms with Gasteiger partial charge in [0.15, 0.2) is 5.13 Å². The number of aliphatic hydroxyl groups is 1. The summed E-state index contributed by atoms with van der Waals surface area (Å²) in [6, 6.07) is 11.0. The van der Waals surface area contributed by atoms with Gasteiger partial charge in [0.1, 0.15) is 6.54 Å². The predicted octanol–water partition coefficient (Wildman–Crippen LogP) is 2.40. The van der Waals surface area contributed by atoms with Gasteiger partial charge in [-0.05, 0) is 30.3 Å². The van der Waals surface area contributed by atoms with Gasteiger partial charge in [-0.15, -0.1) is 11.3 Å². The van der Waals surface area contributed by atoms with Crippen LogP contribution in [0.2, 0.25) is 5.02 Å². The number of nitrogens with zero attached hydrogens (tertiary/aromatic N) is 3. The summed E-state index contributed by atoms with van der Waals surface area (Å²) in [5, 5.41) is 14.4. The van der Waals surface area contributed by atoms with Crippen molar-refractivity contribution in [2.45, 2.75) is 6.18 Å². The quantitative estimate of drug-likeness (QED) is 0.294. The smallest absolute Gasteiger partial charge is 0.416 e. The number of quaternary nitrogens is 1. The molecule has 35 heavy (non-hydrogen) atoms. The number of hydrogen-bond donors (Lipinski definition) is 2. The molecule has 0 unspecified atom stereocenters. The summed E-state index contributed by atoms with van der Waals surface area (Å²) >= 11 is 7.20. The lowest BCUT2D eigenvalue weighted by atomic mass is 10.2. The van der Waals surface area contributed by atoms with Crippen molar-refractivity contribution in [2.75, 3.05) is 45.2 Å². The zero-order chi connectivity index (χ0) is 24.9. The lowest BCUT2D eigenvalue weighted by Gasteiger charge is -2.29. The van der Waals surface area contributed by atoms with Crippen LogP contribution in [0.1, 0.15) is 5.56 Å². The second-order valence-electron chi connectivity index (χ2n) is 8.25. The molecule has 0 bridgehead atoms. The largest absolute Gasteiger partial charge is 1.00 e. The second-order valence-corrected chi connectivity index (χ2v) is 9.52. The molecular formula is C23H25ClF3IN4O2S. The molecule has 0 spiro atoms. The number of aliphatic hydroxyl groups excluding tert-OH is 1. The van der Waals surface area contributed by atoms with Crippen LogP contribution in [-0.2, 0) is 6.18 Å². The third-order valence-electron chi connectivity index (χ3n) is 5.14. The SMILES string of the molecule is C[N+](C)(CCO)CCNC(=O)N(c1cccc(C(F)(F)F)c1)c1nc(-c2cccc(Cl)c2)cs1.[I-]. The fraction of sp³-hybridized carbons (Fsp3) is 0.304. The van der Waals surface area contributed by atoms with E-state index in [4.69, 9.17) is 11.6 Å². The molecule has 0 radical (unpaired) electrons. The number of urea groups is 1. The van der Waals surface area contributed by atoms with Gasteiger partial charge >= 0.3 is 12.2 Å². The first-order valence-electron chi connectivity index (χ1n) is 10.4. The number of nitrogens with one attached hydrogen (secondary N) is 1. The molecule has 6 nitrogen and oxygen atoms in total. The molecule has 0 saturated carbocycles. The van der Waals surface area contributed by atoms with Gasteiger partial charge in [0.25, 0.3) is 0 Å². The number of aromatic nitrogens is 1. The Kier molecular flexibility index (Phi) is 10.3. The first-order chi connectivity index (χ1) is 16.0. The number of carbonyl (C=O) groups excluding carboxylic acids is 1.